The van der Waals surface area contributed by atoms with E-state index in [-0.39, 0.29) is 5.91 Å². The molecular formula is C31H29NOSi. The zero-order chi connectivity index (χ0) is 24.0. The van der Waals surface area contributed by atoms with Crippen LogP contribution in [0.4, 0.5) is 5.69 Å². The van der Waals surface area contributed by atoms with Crippen molar-refractivity contribution in [3.63, 3.8) is 0 Å². The van der Waals surface area contributed by atoms with Gasteiger partial charge in [0.25, 0.3) is 0 Å². The second kappa shape index (κ2) is 10.4. The molecular weight excluding hydrogens is 430 g/mol. The maximum Gasteiger partial charge on any atom is 0.302 e. The van der Waals surface area contributed by atoms with E-state index < -0.39 is 8.07 Å². The molecule has 3 heteroatoms. The van der Waals surface area contributed by atoms with Crippen LogP contribution in [0.25, 0.3) is 11.1 Å². The van der Waals surface area contributed by atoms with Gasteiger partial charge in [0.1, 0.15) is 0 Å². The van der Waals surface area contributed by atoms with E-state index in [1.165, 1.54) is 21.5 Å². The van der Waals surface area contributed by atoms with E-state index in [0.717, 1.165) is 11.3 Å². The van der Waals surface area contributed by atoms with Gasteiger partial charge in [-0.25, -0.2) is 0 Å². The van der Waals surface area contributed by atoms with E-state index in [1.54, 1.807) is 4.90 Å². The summed E-state index contributed by atoms with van der Waals surface area (Å²) in [6, 6.07) is 37.2. The number of carbonyl (C=O) groups excluding carboxylic acids is 1. The van der Waals surface area contributed by atoms with Crippen molar-refractivity contribution >= 4 is 30.0 Å². The van der Waals surface area contributed by atoms with Crippen molar-refractivity contribution in [3.05, 3.63) is 115 Å². The monoisotopic (exact) mass is 459 g/mol. The second-order valence-corrected chi connectivity index (χ2v) is 12.2. The molecule has 0 aliphatic carbocycles. The molecule has 0 heterocycles. The Morgan fingerprint density at radius 3 is 1.82 bits per heavy atom. The molecule has 2 nitrogen and oxygen atoms in total. The van der Waals surface area contributed by atoms with Gasteiger partial charge in [0, 0.05) is 12.2 Å². The fourth-order valence-electron chi connectivity index (χ4n) is 4.30. The lowest BCUT2D eigenvalue weighted by Crippen LogP contribution is -2.55. The summed E-state index contributed by atoms with van der Waals surface area (Å²) in [7, 11) is -2.40. The Balaban J connectivity index is 1.67. The Morgan fingerprint density at radius 2 is 1.32 bits per heavy atom. The smallest absolute Gasteiger partial charge is 0.302 e. The topological polar surface area (TPSA) is 20.3 Å². The van der Waals surface area contributed by atoms with Gasteiger partial charge in [-0.3, -0.25) is 4.79 Å². The minimum Gasteiger partial charge on any atom is -0.302 e. The summed E-state index contributed by atoms with van der Waals surface area (Å²) in [6.07, 6.45) is 0. The van der Waals surface area contributed by atoms with Crippen LogP contribution in [0, 0.1) is 18.4 Å². The molecule has 0 saturated heterocycles. The number of aryl methyl sites for hydroxylation is 1. The third-order valence-electron chi connectivity index (χ3n) is 6.29. The summed E-state index contributed by atoms with van der Waals surface area (Å²) in [4.78, 5) is 15.1. The van der Waals surface area contributed by atoms with Crippen LogP contribution in [-0.4, -0.2) is 20.5 Å². The van der Waals surface area contributed by atoms with Gasteiger partial charge in [0.2, 0.25) is 0 Å². The molecule has 0 bridgehead atoms. The number of rotatable bonds is 5. The van der Waals surface area contributed by atoms with Gasteiger partial charge in [-0.2, -0.15) is 0 Å². The Hall–Kier alpha value is -3.87. The maximum absolute atomic E-state index is 13.3. The minimum atomic E-state index is -2.40. The van der Waals surface area contributed by atoms with Gasteiger partial charge in [0.15, 0.2) is 8.07 Å². The lowest BCUT2D eigenvalue weighted by Gasteiger charge is -2.23. The van der Waals surface area contributed by atoms with Crippen LogP contribution < -0.4 is 15.3 Å². The highest BCUT2D eigenvalue weighted by Gasteiger charge is 2.30. The van der Waals surface area contributed by atoms with E-state index >= 15 is 0 Å². The zero-order valence-corrected chi connectivity index (χ0v) is 21.0. The predicted octanol–water partition coefficient (Wildman–Crippen LogP) is 5.45. The summed E-state index contributed by atoms with van der Waals surface area (Å²) in [5, 5.41) is 2.40. The lowest BCUT2D eigenvalue weighted by atomic mass is 10.00. The maximum atomic E-state index is 13.3. The summed E-state index contributed by atoms with van der Waals surface area (Å²) in [5.41, 5.74) is 7.82. The summed E-state index contributed by atoms with van der Waals surface area (Å²) in [5.74, 6) is 2.87. The van der Waals surface area contributed by atoms with Gasteiger partial charge in [0.05, 0.1) is 0 Å². The standard InChI is InChI=1S/C31H29NOSi/c1-4-32(27-20-21-30(25(2)24-27)26-14-8-5-9-15-26)31(33)22-23-34(3,28-16-10-6-11-17-28)29-18-12-7-13-19-29/h5-21,24H,4H2,1-3H3. The van der Waals surface area contributed by atoms with Crippen molar-refractivity contribution in [3.8, 4) is 22.6 Å². The Morgan fingerprint density at radius 1 is 0.794 bits per heavy atom. The van der Waals surface area contributed by atoms with E-state index in [4.69, 9.17) is 0 Å². The molecule has 4 rings (SSSR count). The zero-order valence-electron chi connectivity index (χ0n) is 20.0. The Labute approximate surface area is 203 Å². The molecule has 4 aromatic carbocycles. The number of hydrogen-bond donors (Lipinski definition) is 0. The third-order valence-corrected chi connectivity index (χ3v) is 9.89. The second-order valence-electron chi connectivity index (χ2n) is 8.52. The normalized spacial score (nSPS) is 10.8. The quantitative estimate of drug-likeness (QED) is 0.287. The molecule has 0 aliphatic rings. The third kappa shape index (κ3) is 4.88. The summed E-state index contributed by atoms with van der Waals surface area (Å²) >= 11 is 0. The Bertz CT molecular complexity index is 1280. The fourth-order valence-corrected chi connectivity index (χ4v) is 7.00. The van der Waals surface area contributed by atoms with Crippen LogP contribution in [0.1, 0.15) is 12.5 Å². The lowest BCUT2D eigenvalue weighted by molar-refractivity contribution is -0.113. The summed E-state index contributed by atoms with van der Waals surface area (Å²) < 4.78 is 0. The highest BCUT2D eigenvalue weighted by atomic mass is 28.3. The fraction of sp³-hybridized carbons (Fsp3) is 0.129. The van der Waals surface area contributed by atoms with Crippen LogP contribution in [0.3, 0.4) is 0 Å². The number of amides is 1. The molecule has 0 saturated carbocycles. The number of carbonyl (C=O) groups is 1. The van der Waals surface area contributed by atoms with Gasteiger partial charge in [-0.1, -0.05) is 104 Å². The first kappa shape index (κ1) is 23.3. The van der Waals surface area contributed by atoms with E-state index in [2.05, 4.69) is 73.5 Å². The van der Waals surface area contributed by atoms with Gasteiger partial charge in [-0.05, 0) is 59.0 Å². The Kier molecular flexibility index (Phi) is 7.11. The first-order valence-corrected chi connectivity index (χ1v) is 14.1. The van der Waals surface area contributed by atoms with Crippen molar-refractivity contribution in [2.75, 3.05) is 11.4 Å². The number of benzene rings is 4. The molecule has 0 spiro atoms. The van der Waals surface area contributed by atoms with Crippen molar-refractivity contribution < 1.29 is 4.79 Å². The average molecular weight is 460 g/mol. The molecule has 34 heavy (non-hydrogen) atoms. The number of anilines is 1. The largest absolute Gasteiger partial charge is 0.302 e. The highest BCUT2D eigenvalue weighted by Crippen LogP contribution is 2.27. The number of hydrogen-bond acceptors (Lipinski definition) is 1. The van der Waals surface area contributed by atoms with Crippen LogP contribution >= 0.6 is 0 Å². The first-order valence-electron chi connectivity index (χ1n) is 11.6. The van der Waals surface area contributed by atoms with Crippen LogP contribution in [0.15, 0.2) is 109 Å². The number of nitrogens with zero attached hydrogens (tertiary/aromatic N) is 1. The summed E-state index contributed by atoms with van der Waals surface area (Å²) in [6.45, 7) is 6.86. The van der Waals surface area contributed by atoms with Gasteiger partial charge in [-0.15, -0.1) is 5.54 Å². The molecule has 1 amide bonds. The first-order chi connectivity index (χ1) is 16.5. The van der Waals surface area contributed by atoms with E-state index in [1.807, 2.05) is 67.6 Å². The predicted molar refractivity (Wildman–Crippen MR) is 146 cm³/mol. The SMILES string of the molecule is CCN(C(=O)C#C[Si](C)(c1ccccc1)c1ccccc1)c1ccc(-c2ccccc2)c(C)c1. The highest BCUT2D eigenvalue weighted by molar-refractivity contribution is 7.07. The molecule has 4 aromatic rings. The van der Waals surface area contributed by atoms with Gasteiger partial charge >= 0.3 is 5.91 Å². The van der Waals surface area contributed by atoms with Crippen LogP contribution in [0.5, 0.6) is 0 Å². The molecule has 0 atom stereocenters. The van der Waals surface area contributed by atoms with Crippen molar-refractivity contribution in [1.29, 1.82) is 0 Å². The minimum absolute atomic E-state index is 0.167. The van der Waals surface area contributed by atoms with Crippen molar-refractivity contribution in [2.24, 2.45) is 0 Å². The van der Waals surface area contributed by atoms with Gasteiger partial charge < -0.3 is 4.90 Å². The molecule has 168 valence electrons. The van der Waals surface area contributed by atoms with Crippen molar-refractivity contribution in [1.82, 2.24) is 0 Å². The van der Waals surface area contributed by atoms with E-state index in [9.17, 15) is 4.79 Å². The molecule has 0 fully saturated rings. The van der Waals surface area contributed by atoms with Crippen LogP contribution in [0.2, 0.25) is 6.55 Å². The molecule has 0 aliphatic heterocycles. The molecule has 0 unspecified atom stereocenters. The average Bonchev–Trinajstić information content (AvgIpc) is 2.89. The molecule has 0 radical (unpaired) electrons. The van der Waals surface area contributed by atoms with Crippen LogP contribution in [-0.2, 0) is 4.79 Å². The molecule has 0 N–H and O–H groups in total. The van der Waals surface area contributed by atoms with E-state index in [0.29, 0.717) is 6.54 Å². The van der Waals surface area contributed by atoms with Crippen molar-refractivity contribution in [2.45, 2.75) is 20.4 Å². The molecule has 0 aromatic heterocycles.